The van der Waals surface area contributed by atoms with Crippen molar-refractivity contribution >= 4 is 15.5 Å². The van der Waals surface area contributed by atoms with Gasteiger partial charge in [-0.05, 0) is 25.0 Å². The van der Waals surface area contributed by atoms with Crippen LogP contribution in [-0.2, 0) is 9.84 Å². The van der Waals surface area contributed by atoms with Crippen molar-refractivity contribution in [3.8, 4) is 5.75 Å². The van der Waals surface area contributed by atoms with Gasteiger partial charge in [0.25, 0.3) is 0 Å². The lowest BCUT2D eigenvalue weighted by Gasteiger charge is -2.40. The van der Waals surface area contributed by atoms with E-state index in [9.17, 15) is 8.42 Å². The van der Waals surface area contributed by atoms with Crippen LogP contribution in [0.25, 0.3) is 0 Å². The molecule has 18 heavy (non-hydrogen) atoms. The highest BCUT2D eigenvalue weighted by Gasteiger charge is 2.44. The number of hydrogen-bond donors (Lipinski definition) is 1. The first-order chi connectivity index (χ1) is 8.56. The normalized spacial score (nSPS) is 23.4. The van der Waals surface area contributed by atoms with E-state index < -0.39 is 9.84 Å². The van der Waals surface area contributed by atoms with Crippen LogP contribution in [0.4, 0.5) is 5.69 Å². The van der Waals surface area contributed by atoms with Crippen LogP contribution in [0.5, 0.6) is 5.75 Å². The predicted octanol–water partition coefficient (Wildman–Crippen LogP) is 2.06. The Bertz CT molecular complexity index is 576. The Hall–Kier alpha value is -1.23. The maximum Gasteiger partial charge on any atom is 0.184 e. The summed E-state index contributed by atoms with van der Waals surface area (Å²) in [7, 11) is -1.77. The molecular formula is C13H17NO3S. The molecule has 1 N–H and O–H groups in total. The number of hydrogen-bond acceptors (Lipinski definition) is 4. The van der Waals surface area contributed by atoms with Gasteiger partial charge in [-0.1, -0.05) is 12.5 Å². The molecule has 0 aromatic heterocycles. The zero-order chi connectivity index (χ0) is 12.8. The van der Waals surface area contributed by atoms with Gasteiger partial charge in [0.05, 0.1) is 18.6 Å². The fourth-order valence-electron chi connectivity index (χ4n) is 2.94. The van der Waals surface area contributed by atoms with Gasteiger partial charge in [-0.2, -0.15) is 0 Å². The van der Waals surface area contributed by atoms with Crippen molar-refractivity contribution < 1.29 is 13.2 Å². The zero-order valence-electron chi connectivity index (χ0n) is 10.4. The monoisotopic (exact) mass is 267 g/mol. The first-order valence-electron chi connectivity index (χ1n) is 6.20. The first kappa shape index (κ1) is 11.8. The minimum absolute atomic E-state index is 0.0666. The van der Waals surface area contributed by atoms with Crippen LogP contribution in [0.2, 0.25) is 0 Å². The van der Waals surface area contributed by atoms with E-state index >= 15 is 0 Å². The number of nitrogens with one attached hydrogen (secondary N) is 1. The standard InChI is InChI=1S/C13H17NO3S/c1-17-11-5-2-4-10-12(11)18(15,16)9-13(8-14-10)6-3-7-13/h2,4-5,14H,3,6-9H2,1H3. The molecule has 0 saturated heterocycles. The molecule has 1 aromatic rings. The average molecular weight is 267 g/mol. The van der Waals surface area contributed by atoms with Gasteiger partial charge in [0.15, 0.2) is 9.84 Å². The summed E-state index contributed by atoms with van der Waals surface area (Å²) in [6.07, 6.45) is 3.12. The number of methoxy groups -OCH3 is 1. The van der Waals surface area contributed by atoms with Crippen LogP contribution in [-0.4, -0.2) is 27.8 Å². The topological polar surface area (TPSA) is 55.4 Å². The van der Waals surface area contributed by atoms with Gasteiger partial charge in [0.2, 0.25) is 0 Å². The van der Waals surface area contributed by atoms with Gasteiger partial charge >= 0.3 is 0 Å². The summed E-state index contributed by atoms with van der Waals surface area (Å²) in [5.41, 5.74) is 0.612. The fraction of sp³-hybridized carbons (Fsp3) is 0.538. The summed E-state index contributed by atoms with van der Waals surface area (Å²) in [6.45, 7) is 0.742. The molecule has 0 radical (unpaired) electrons. The maximum atomic E-state index is 12.6. The molecule has 1 spiro atoms. The number of benzene rings is 1. The Balaban J connectivity index is 2.13. The second-order valence-electron chi connectivity index (χ2n) is 5.30. The van der Waals surface area contributed by atoms with Crippen LogP contribution < -0.4 is 10.1 Å². The third kappa shape index (κ3) is 1.68. The van der Waals surface area contributed by atoms with E-state index in [2.05, 4.69) is 5.32 Å². The fourth-order valence-corrected chi connectivity index (χ4v) is 5.22. The molecule has 4 nitrogen and oxygen atoms in total. The van der Waals surface area contributed by atoms with Crippen molar-refractivity contribution in [2.75, 3.05) is 24.7 Å². The number of rotatable bonds is 1. The molecular weight excluding hydrogens is 250 g/mol. The van der Waals surface area contributed by atoms with Gasteiger partial charge in [0.1, 0.15) is 10.6 Å². The lowest BCUT2D eigenvalue weighted by molar-refractivity contribution is 0.184. The molecule has 3 rings (SSSR count). The van der Waals surface area contributed by atoms with Gasteiger partial charge in [-0.25, -0.2) is 8.42 Å². The minimum Gasteiger partial charge on any atom is -0.495 e. The second kappa shape index (κ2) is 3.88. The molecule has 1 saturated carbocycles. The van der Waals surface area contributed by atoms with Crippen LogP contribution in [0.15, 0.2) is 23.1 Å². The van der Waals surface area contributed by atoms with Gasteiger partial charge in [0, 0.05) is 12.0 Å². The van der Waals surface area contributed by atoms with Crippen molar-refractivity contribution in [3.63, 3.8) is 0 Å². The van der Waals surface area contributed by atoms with Crippen LogP contribution in [0.3, 0.4) is 0 Å². The molecule has 1 aliphatic heterocycles. The van der Waals surface area contributed by atoms with Crippen molar-refractivity contribution in [2.45, 2.75) is 24.2 Å². The Labute approximate surface area is 107 Å². The minimum atomic E-state index is -3.28. The molecule has 0 atom stereocenters. The Kier molecular flexibility index (Phi) is 2.55. The first-order valence-corrected chi connectivity index (χ1v) is 7.85. The van der Waals surface area contributed by atoms with Crippen molar-refractivity contribution in [1.29, 1.82) is 0 Å². The highest BCUT2D eigenvalue weighted by atomic mass is 32.2. The molecule has 1 aliphatic carbocycles. The number of anilines is 1. The van der Waals surface area contributed by atoms with E-state index in [-0.39, 0.29) is 11.2 Å². The van der Waals surface area contributed by atoms with Gasteiger partial charge in [-0.3, -0.25) is 0 Å². The third-order valence-electron chi connectivity index (χ3n) is 4.07. The van der Waals surface area contributed by atoms with E-state index in [4.69, 9.17) is 4.74 Å². The zero-order valence-corrected chi connectivity index (χ0v) is 11.2. The highest BCUT2D eigenvalue weighted by Crippen LogP contribution is 2.47. The van der Waals surface area contributed by atoms with E-state index in [1.54, 1.807) is 6.07 Å². The molecule has 1 heterocycles. The summed E-state index contributed by atoms with van der Waals surface area (Å²) in [5, 5.41) is 3.29. The lowest BCUT2D eigenvalue weighted by Crippen LogP contribution is -2.40. The SMILES string of the molecule is COc1cccc2c1S(=O)(=O)CC1(CCC1)CN2. The predicted molar refractivity (Wildman–Crippen MR) is 69.8 cm³/mol. The third-order valence-corrected chi connectivity index (χ3v) is 6.11. The summed E-state index contributed by atoms with van der Waals surface area (Å²) in [5.74, 6) is 0.678. The van der Waals surface area contributed by atoms with Crippen molar-refractivity contribution in [3.05, 3.63) is 18.2 Å². The average Bonchev–Trinajstić information content (AvgIpc) is 2.43. The van der Waals surface area contributed by atoms with E-state index in [1.165, 1.54) is 7.11 Å². The Morgan fingerprint density at radius 1 is 1.33 bits per heavy atom. The molecule has 98 valence electrons. The Morgan fingerprint density at radius 3 is 2.72 bits per heavy atom. The summed E-state index contributed by atoms with van der Waals surface area (Å²) >= 11 is 0. The number of sulfone groups is 1. The van der Waals surface area contributed by atoms with E-state index in [0.29, 0.717) is 16.3 Å². The van der Waals surface area contributed by atoms with E-state index in [1.807, 2.05) is 12.1 Å². The maximum absolute atomic E-state index is 12.6. The van der Waals surface area contributed by atoms with Crippen LogP contribution >= 0.6 is 0 Å². The van der Waals surface area contributed by atoms with Gasteiger partial charge in [-0.15, -0.1) is 0 Å². The van der Waals surface area contributed by atoms with Crippen LogP contribution in [0, 0.1) is 5.41 Å². The molecule has 2 aliphatic rings. The molecule has 5 heteroatoms. The molecule has 0 bridgehead atoms. The van der Waals surface area contributed by atoms with Crippen molar-refractivity contribution in [2.24, 2.45) is 5.41 Å². The summed E-state index contributed by atoms with van der Waals surface area (Å²) in [4.78, 5) is 0.330. The summed E-state index contributed by atoms with van der Waals surface area (Å²) < 4.78 is 30.3. The summed E-state index contributed by atoms with van der Waals surface area (Å²) in [6, 6.07) is 5.34. The molecule has 1 aromatic carbocycles. The second-order valence-corrected chi connectivity index (χ2v) is 7.23. The smallest absolute Gasteiger partial charge is 0.184 e. The number of fused-ring (bicyclic) bond motifs is 1. The van der Waals surface area contributed by atoms with E-state index in [0.717, 1.165) is 25.8 Å². The van der Waals surface area contributed by atoms with Crippen LogP contribution in [0.1, 0.15) is 19.3 Å². The largest absolute Gasteiger partial charge is 0.495 e. The van der Waals surface area contributed by atoms with Crippen molar-refractivity contribution in [1.82, 2.24) is 0 Å². The Morgan fingerprint density at radius 2 is 2.11 bits per heavy atom. The number of ether oxygens (including phenoxy) is 1. The molecule has 0 unspecified atom stereocenters. The molecule has 1 fully saturated rings. The highest BCUT2D eigenvalue weighted by molar-refractivity contribution is 7.91. The lowest BCUT2D eigenvalue weighted by atomic mass is 9.70. The molecule has 0 amide bonds. The quantitative estimate of drug-likeness (QED) is 0.846. The van der Waals surface area contributed by atoms with Gasteiger partial charge < -0.3 is 10.1 Å².